The fourth-order valence-corrected chi connectivity index (χ4v) is 4.87. The van der Waals surface area contributed by atoms with E-state index >= 15 is 0 Å². The van der Waals surface area contributed by atoms with Crippen LogP contribution < -0.4 is 10.9 Å². The normalized spacial score (nSPS) is 23.3. The molecule has 4 rings (SSSR count). The highest BCUT2D eigenvalue weighted by molar-refractivity contribution is 7.18. The molecule has 2 saturated heterocycles. The van der Waals surface area contributed by atoms with E-state index in [0.29, 0.717) is 6.04 Å². The van der Waals surface area contributed by atoms with E-state index in [-0.39, 0.29) is 5.56 Å². The summed E-state index contributed by atoms with van der Waals surface area (Å²) in [6, 6.07) is 0.707. The summed E-state index contributed by atoms with van der Waals surface area (Å²) in [6.45, 7) is 11.4. The SMILES string of the molecule is Cc1sc2nc(CN3CCN(C4CCNC4)CC3)[nH]c(=O)c2c1C. The average molecular weight is 347 g/mol. The van der Waals surface area contributed by atoms with E-state index in [1.165, 1.54) is 11.3 Å². The average Bonchev–Trinajstić information content (AvgIpc) is 3.18. The van der Waals surface area contributed by atoms with Crippen LogP contribution in [0.15, 0.2) is 4.79 Å². The number of nitrogens with zero attached hydrogens (tertiary/aromatic N) is 3. The van der Waals surface area contributed by atoms with Gasteiger partial charge in [-0.05, 0) is 32.4 Å². The number of aromatic amines is 1. The van der Waals surface area contributed by atoms with E-state index < -0.39 is 0 Å². The molecule has 0 bridgehead atoms. The summed E-state index contributed by atoms with van der Waals surface area (Å²) >= 11 is 1.62. The zero-order valence-corrected chi connectivity index (χ0v) is 15.2. The van der Waals surface area contributed by atoms with Crippen LogP contribution in [0.5, 0.6) is 0 Å². The van der Waals surface area contributed by atoms with Crippen LogP contribution in [-0.4, -0.2) is 65.1 Å². The summed E-state index contributed by atoms with van der Waals surface area (Å²) in [6.07, 6.45) is 1.27. The third-order valence-corrected chi connectivity index (χ3v) is 6.52. The lowest BCUT2D eigenvalue weighted by Crippen LogP contribution is -2.50. The molecule has 4 heterocycles. The van der Waals surface area contributed by atoms with Crippen molar-refractivity contribution in [1.82, 2.24) is 25.1 Å². The van der Waals surface area contributed by atoms with E-state index in [4.69, 9.17) is 4.98 Å². The van der Waals surface area contributed by atoms with Crippen LogP contribution in [0.2, 0.25) is 0 Å². The van der Waals surface area contributed by atoms with Crippen LogP contribution in [0, 0.1) is 13.8 Å². The lowest BCUT2D eigenvalue weighted by molar-refractivity contribution is 0.0965. The molecule has 6 nitrogen and oxygen atoms in total. The highest BCUT2D eigenvalue weighted by Crippen LogP contribution is 2.25. The van der Waals surface area contributed by atoms with Gasteiger partial charge in [-0.25, -0.2) is 4.98 Å². The van der Waals surface area contributed by atoms with Crippen molar-refractivity contribution < 1.29 is 0 Å². The maximum Gasteiger partial charge on any atom is 0.259 e. The third-order valence-electron chi connectivity index (χ3n) is 5.42. The monoisotopic (exact) mass is 347 g/mol. The number of aryl methyl sites for hydroxylation is 2. The van der Waals surface area contributed by atoms with Crippen molar-refractivity contribution in [3.05, 3.63) is 26.6 Å². The summed E-state index contributed by atoms with van der Waals surface area (Å²) in [5.41, 5.74) is 1.07. The van der Waals surface area contributed by atoms with Gasteiger partial charge >= 0.3 is 0 Å². The zero-order valence-electron chi connectivity index (χ0n) is 14.4. The third kappa shape index (κ3) is 3.01. The summed E-state index contributed by atoms with van der Waals surface area (Å²) in [5.74, 6) is 0.796. The Morgan fingerprint density at radius 3 is 2.75 bits per heavy atom. The fourth-order valence-electron chi connectivity index (χ4n) is 3.82. The molecule has 24 heavy (non-hydrogen) atoms. The molecule has 1 atom stereocenters. The van der Waals surface area contributed by atoms with Gasteiger partial charge in [0.05, 0.1) is 11.9 Å². The van der Waals surface area contributed by atoms with Gasteiger partial charge in [0.15, 0.2) is 0 Å². The number of hydrogen-bond acceptors (Lipinski definition) is 6. The first-order valence-corrected chi connectivity index (χ1v) is 9.59. The number of piperazine rings is 1. The van der Waals surface area contributed by atoms with Crippen molar-refractivity contribution in [3.63, 3.8) is 0 Å². The maximum atomic E-state index is 12.4. The minimum atomic E-state index is 0.00696. The second-order valence-electron chi connectivity index (χ2n) is 6.93. The first kappa shape index (κ1) is 16.2. The number of hydrogen-bond donors (Lipinski definition) is 2. The maximum absolute atomic E-state index is 12.4. The number of nitrogens with one attached hydrogen (secondary N) is 2. The number of aromatic nitrogens is 2. The molecule has 0 radical (unpaired) electrons. The Labute approximate surface area is 145 Å². The van der Waals surface area contributed by atoms with Gasteiger partial charge in [-0.3, -0.25) is 14.6 Å². The molecule has 2 aromatic heterocycles. The highest BCUT2D eigenvalue weighted by atomic mass is 32.1. The summed E-state index contributed by atoms with van der Waals surface area (Å²) < 4.78 is 0. The van der Waals surface area contributed by atoms with E-state index in [1.807, 2.05) is 6.92 Å². The van der Waals surface area contributed by atoms with Gasteiger partial charge in [0.2, 0.25) is 0 Å². The van der Waals surface area contributed by atoms with Crippen LogP contribution in [-0.2, 0) is 6.54 Å². The molecule has 1 unspecified atom stereocenters. The Kier molecular flexibility index (Phi) is 4.42. The molecule has 2 aliphatic heterocycles. The van der Waals surface area contributed by atoms with Gasteiger partial charge in [-0.1, -0.05) is 0 Å². The Hall–Kier alpha value is -1.28. The smallest absolute Gasteiger partial charge is 0.259 e. The van der Waals surface area contributed by atoms with Crippen LogP contribution >= 0.6 is 11.3 Å². The van der Waals surface area contributed by atoms with Crippen molar-refractivity contribution in [1.29, 1.82) is 0 Å². The van der Waals surface area contributed by atoms with Crippen molar-refractivity contribution in [2.45, 2.75) is 32.9 Å². The number of fused-ring (bicyclic) bond motifs is 1. The molecule has 0 aromatic carbocycles. The van der Waals surface area contributed by atoms with Crippen molar-refractivity contribution >= 4 is 21.6 Å². The molecule has 0 saturated carbocycles. The standard InChI is InChI=1S/C17H25N5OS/c1-11-12(2)24-17-15(11)16(23)19-14(20-17)10-21-5-7-22(8-6-21)13-3-4-18-9-13/h13,18H,3-10H2,1-2H3,(H,19,20,23). The summed E-state index contributed by atoms with van der Waals surface area (Å²) in [7, 11) is 0. The second-order valence-corrected chi connectivity index (χ2v) is 8.14. The van der Waals surface area contributed by atoms with Crippen molar-refractivity contribution in [2.24, 2.45) is 0 Å². The molecule has 130 valence electrons. The molecule has 2 aliphatic rings. The summed E-state index contributed by atoms with van der Waals surface area (Å²) in [4.78, 5) is 27.1. The van der Waals surface area contributed by atoms with Crippen LogP contribution in [0.3, 0.4) is 0 Å². The van der Waals surface area contributed by atoms with Gasteiger partial charge in [0.1, 0.15) is 10.7 Å². The number of rotatable bonds is 3. The topological polar surface area (TPSA) is 64.3 Å². The minimum absolute atomic E-state index is 0.00696. The second kappa shape index (κ2) is 6.55. The predicted octanol–water partition coefficient (Wildman–Crippen LogP) is 1.08. The minimum Gasteiger partial charge on any atom is -0.315 e. The molecule has 0 amide bonds. The molecule has 2 N–H and O–H groups in total. The van der Waals surface area contributed by atoms with Crippen molar-refractivity contribution in [2.75, 3.05) is 39.3 Å². The lowest BCUT2D eigenvalue weighted by atomic mass is 10.2. The predicted molar refractivity (Wildman–Crippen MR) is 97.8 cm³/mol. The molecular weight excluding hydrogens is 322 g/mol. The first-order valence-electron chi connectivity index (χ1n) is 8.78. The van der Waals surface area contributed by atoms with Crippen LogP contribution in [0.25, 0.3) is 10.2 Å². The number of thiophene rings is 1. The van der Waals surface area contributed by atoms with E-state index in [0.717, 1.165) is 67.4 Å². The molecular formula is C17H25N5OS. The van der Waals surface area contributed by atoms with Crippen LogP contribution in [0.1, 0.15) is 22.7 Å². The van der Waals surface area contributed by atoms with E-state index in [9.17, 15) is 4.79 Å². The molecule has 7 heteroatoms. The van der Waals surface area contributed by atoms with Crippen LogP contribution in [0.4, 0.5) is 0 Å². The lowest BCUT2D eigenvalue weighted by Gasteiger charge is -2.37. The molecule has 0 spiro atoms. The van der Waals surface area contributed by atoms with Gasteiger partial charge < -0.3 is 10.3 Å². The van der Waals surface area contributed by atoms with E-state index in [1.54, 1.807) is 11.3 Å². The van der Waals surface area contributed by atoms with Gasteiger partial charge in [0, 0.05) is 43.6 Å². The number of H-pyrrole nitrogens is 1. The first-order chi connectivity index (χ1) is 11.6. The van der Waals surface area contributed by atoms with Gasteiger partial charge in [-0.15, -0.1) is 11.3 Å². The van der Waals surface area contributed by atoms with Gasteiger partial charge in [-0.2, -0.15) is 0 Å². The Morgan fingerprint density at radius 2 is 2.04 bits per heavy atom. The van der Waals surface area contributed by atoms with E-state index in [2.05, 4.69) is 27.0 Å². The molecule has 0 aliphatic carbocycles. The Balaban J connectivity index is 1.44. The molecule has 2 aromatic rings. The van der Waals surface area contributed by atoms with Gasteiger partial charge in [0.25, 0.3) is 5.56 Å². The Morgan fingerprint density at radius 1 is 1.25 bits per heavy atom. The highest BCUT2D eigenvalue weighted by Gasteiger charge is 2.26. The fraction of sp³-hybridized carbons (Fsp3) is 0.647. The summed E-state index contributed by atoms with van der Waals surface area (Å²) in [5, 5.41) is 4.21. The quantitative estimate of drug-likeness (QED) is 0.870. The zero-order chi connectivity index (χ0) is 16.7. The Bertz CT molecular complexity index is 784. The molecule has 2 fully saturated rings. The largest absolute Gasteiger partial charge is 0.315 e. The van der Waals surface area contributed by atoms with Crippen molar-refractivity contribution in [3.8, 4) is 0 Å².